The van der Waals surface area contributed by atoms with E-state index in [-0.39, 0.29) is 48.6 Å². The molecule has 8 aromatic heterocycles. The number of methoxy groups -OCH3 is 2. The molecule has 5 amide bonds. The fourth-order valence-electron chi connectivity index (χ4n) is 17.7. The number of hydrogen-bond acceptors (Lipinski definition) is 14. The zero-order chi connectivity index (χ0) is 84.6. The predicted octanol–water partition coefficient (Wildman–Crippen LogP) is 18.8. The van der Waals surface area contributed by atoms with Gasteiger partial charge >= 0.3 is 6.03 Å². The van der Waals surface area contributed by atoms with E-state index < -0.39 is 0 Å². The van der Waals surface area contributed by atoms with E-state index in [1.54, 1.807) is 65.6 Å². The quantitative estimate of drug-likeness (QED) is 0.122. The maximum atomic E-state index is 13.4. The molecule has 0 saturated heterocycles. The summed E-state index contributed by atoms with van der Waals surface area (Å²) in [6.07, 6.45) is 20.7. The number of nitrogens with one attached hydrogen (secondary N) is 2. The van der Waals surface area contributed by atoms with Crippen LogP contribution in [0.3, 0.4) is 0 Å². The summed E-state index contributed by atoms with van der Waals surface area (Å²) in [5.41, 5.74) is 19.7. The van der Waals surface area contributed by atoms with Crippen molar-refractivity contribution in [1.82, 2.24) is 64.4 Å². The van der Waals surface area contributed by atoms with Crippen molar-refractivity contribution in [2.24, 2.45) is 11.8 Å². The van der Waals surface area contributed by atoms with Crippen LogP contribution < -0.4 is 39.9 Å². The lowest BCUT2D eigenvalue weighted by atomic mass is 9.88. The Hall–Kier alpha value is -13.7. The molecule has 0 atom stereocenters. The molecule has 630 valence electrons. The van der Waals surface area contributed by atoms with E-state index in [0.29, 0.717) is 74.0 Å². The van der Waals surface area contributed by atoms with Crippen molar-refractivity contribution in [1.29, 1.82) is 0 Å². The van der Waals surface area contributed by atoms with E-state index in [9.17, 15) is 24.0 Å². The number of rotatable bonds is 11. The first-order valence-electron chi connectivity index (χ1n) is 42.3. The maximum Gasteiger partial charge on any atom is 0.323 e. The lowest BCUT2D eigenvalue weighted by Crippen LogP contribution is -2.41. The summed E-state index contributed by atoms with van der Waals surface area (Å²) < 4.78 is 18.8. The van der Waals surface area contributed by atoms with Crippen molar-refractivity contribution in [3.05, 3.63) is 302 Å². The Labute approximate surface area is 729 Å². The third-order valence-corrected chi connectivity index (χ3v) is 24.7. The summed E-state index contributed by atoms with van der Waals surface area (Å²) in [7, 11) is 3.30. The Balaban J connectivity index is 0.000000122. The van der Waals surface area contributed by atoms with Crippen LogP contribution in [0.2, 0.25) is 0 Å². The Kier molecular flexibility index (Phi) is 25.6. The summed E-state index contributed by atoms with van der Waals surface area (Å²) in [4.78, 5) is 92.0. The second kappa shape index (κ2) is 37.8. The third-order valence-electron chi connectivity index (χ3n) is 24.2. The van der Waals surface area contributed by atoms with Gasteiger partial charge in [-0.1, -0.05) is 135 Å². The molecule has 14 aromatic rings. The molecule has 2 saturated carbocycles. The topological polar surface area (TPSA) is 255 Å². The standard InChI is InChI=1S/C26H25N5O2.C25H28N4O2.C24H26N4O.C23H17BrN4O2.CH4/c1-18-22-14-16-30(26(32)28-17-19-10-12-21(33-2)13-11-19)25-23(9-6-15-27-25)24(22)29-31(18)20-7-4-3-5-8-20;1-17-21-14-16-28(25(30)18-7-4-3-5-8-18)24-22(9-6-15-26-24)23(21)27-29(17)19-10-12-20(31-2)13-11-19;1-17-20-14-16-27(24(29)18-9-4-2-5-10-18)23-21(13-8-15-25-23)22(20)26-28(17)19-11-6-3-7-12-19;24-16-7-4-6-15(14-16)22(29)27-13-11-19-20(18-10-5-12-25-21(18)27)26-28(23(19)30)17-8-2-1-3-9-17;/h3-13,15H,14,16-17H2,1-2H3,(H,28,32);6,9-13,15,18H,3-5,7-8,14,16H2,1-2H3;3,6-8,11-13,15,18H,2,4-5,9-10,14,16H2,1H3;1-10,12,14,26H,11,13H2;1H4. The Morgan fingerprint density at radius 2 is 0.815 bits per heavy atom. The fraction of sp³-hybridized carbons (Fsp3) is 0.273. The van der Waals surface area contributed by atoms with Gasteiger partial charge in [0.15, 0.2) is 0 Å². The molecule has 0 unspecified atom stereocenters. The minimum atomic E-state index is -0.176. The highest BCUT2D eigenvalue weighted by Crippen LogP contribution is 2.43. The molecule has 0 radical (unpaired) electrons. The van der Waals surface area contributed by atoms with Crippen LogP contribution in [0.1, 0.15) is 127 Å². The first-order valence-corrected chi connectivity index (χ1v) is 43.1. The molecule has 24 nitrogen and oxygen atoms in total. The molecule has 12 heterocycles. The minimum absolute atomic E-state index is 0. The molecular weight excluding hydrogens is 1620 g/mol. The highest BCUT2D eigenvalue weighted by molar-refractivity contribution is 9.10. The zero-order valence-electron chi connectivity index (χ0n) is 69.6. The van der Waals surface area contributed by atoms with Crippen molar-refractivity contribution < 1.29 is 28.7 Å². The van der Waals surface area contributed by atoms with Crippen LogP contribution in [0.4, 0.5) is 28.1 Å². The molecule has 6 aliphatic rings. The Morgan fingerprint density at radius 1 is 0.427 bits per heavy atom. The number of H-pyrrole nitrogens is 1. The average Bonchev–Trinajstić information content (AvgIpc) is 1.60. The van der Waals surface area contributed by atoms with Crippen LogP contribution in [0.15, 0.2) is 246 Å². The SMILES string of the molecule is C.COc1ccc(-n2nc3c(c2C)CCN(C(=O)C2CCCCC2)c2ncccc2-3)cc1.COc1ccc(CNC(=O)N2CCc3c(nn(-c4ccccc4)c3C)-c3cccnc32)cc1.Cc1c2c(nn1-c1ccccc1)-c1cccnc1N(C(=O)C1CCCCC1)CC2.O=C(c1cccc(Br)c1)N1CCc2c([nH]n(-c3ccccc3)c2=O)-c2cccnc21. The molecule has 6 aromatic carbocycles. The maximum absolute atomic E-state index is 13.4. The number of fused-ring (bicyclic) bond motifs is 12. The lowest BCUT2D eigenvalue weighted by Gasteiger charge is -2.28. The number of ether oxygens (including phenoxy) is 2. The van der Waals surface area contributed by atoms with Gasteiger partial charge in [0.05, 0.1) is 59.7 Å². The van der Waals surface area contributed by atoms with Gasteiger partial charge < -0.3 is 14.8 Å². The molecule has 124 heavy (non-hydrogen) atoms. The van der Waals surface area contributed by atoms with Crippen LogP contribution in [0, 0.1) is 32.6 Å². The minimum Gasteiger partial charge on any atom is -0.497 e. The Bertz CT molecular complexity index is 6230. The van der Waals surface area contributed by atoms with E-state index in [1.807, 2.05) is 206 Å². The first-order chi connectivity index (χ1) is 60.2. The van der Waals surface area contributed by atoms with Gasteiger partial charge in [0.1, 0.15) is 34.8 Å². The number of carbonyl (C=O) groups excluding carboxylic acids is 4. The van der Waals surface area contributed by atoms with Gasteiger partial charge in [-0.3, -0.25) is 43.9 Å². The zero-order valence-corrected chi connectivity index (χ0v) is 71.1. The number of aromatic amines is 1. The summed E-state index contributed by atoms with van der Waals surface area (Å²) in [6.45, 7) is 8.91. The summed E-state index contributed by atoms with van der Waals surface area (Å²) in [5.74, 6) is 4.86. The molecule has 2 fully saturated rings. The molecule has 0 spiro atoms. The van der Waals surface area contributed by atoms with Crippen molar-refractivity contribution in [2.75, 3.05) is 60.0 Å². The number of amides is 5. The fourth-order valence-corrected chi connectivity index (χ4v) is 18.1. The lowest BCUT2D eigenvalue weighted by molar-refractivity contribution is -0.124. The number of urea groups is 1. The number of hydrogen-bond donors (Lipinski definition) is 2. The van der Waals surface area contributed by atoms with Crippen LogP contribution in [-0.4, -0.2) is 123 Å². The number of nitrogens with zero attached hydrogens (tertiary/aromatic N) is 15. The predicted molar refractivity (Wildman–Crippen MR) is 489 cm³/mol. The van der Waals surface area contributed by atoms with Crippen LogP contribution in [0.5, 0.6) is 11.5 Å². The number of anilines is 4. The monoisotopic (exact) mass is 1720 g/mol. The van der Waals surface area contributed by atoms with E-state index >= 15 is 0 Å². The average molecular weight is 1720 g/mol. The molecule has 2 aliphatic carbocycles. The van der Waals surface area contributed by atoms with E-state index in [4.69, 9.17) is 24.8 Å². The van der Waals surface area contributed by atoms with Crippen LogP contribution >= 0.6 is 15.9 Å². The summed E-state index contributed by atoms with van der Waals surface area (Å²) >= 11 is 3.42. The van der Waals surface area contributed by atoms with Crippen molar-refractivity contribution in [3.63, 3.8) is 0 Å². The number of benzene rings is 6. The highest BCUT2D eigenvalue weighted by atomic mass is 79.9. The van der Waals surface area contributed by atoms with Crippen molar-refractivity contribution in [3.8, 4) is 79.3 Å². The number of para-hydroxylation sites is 3. The van der Waals surface area contributed by atoms with Gasteiger partial charge in [-0.25, -0.2) is 43.5 Å². The largest absolute Gasteiger partial charge is 0.497 e. The molecule has 20 rings (SSSR count). The molecule has 25 heteroatoms. The van der Waals surface area contributed by atoms with Crippen molar-refractivity contribution >= 4 is 63.0 Å². The van der Waals surface area contributed by atoms with Gasteiger partial charge in [0.25, 0.3) is 11.5 Å². The highest BCUT2D eigenvalue weighted by Gasteiger charge is 2.37. The van der Waals surface area contributed by atoms with E-state index in [0.717, 1.165) is 182 Å². The van der Waals surface area contributed by atoms with Crippen LogP contribution in [-0.2, 0) is 41.8 Å². The Morgan fingerprint density at radius 3 is 1.26 bits per heavy atom. The second-order valence-corrected chi connectivity index (χ2v) is 32.5. The molecular formula is C99H100BrN17O7. The van der Waals surface area contributed by atoms with Gasteiger partial charge in [-0.2, -0.15) is 15.3 Å². The summed E-state index contributed by atoms with van der Waals surface area (Å²) in [6, 6.07) is 68.0. The normalized spacial score (nSPS) is 14.4. The van der Waals surface area contributed by atoms with Crippen molar-refractivity contribution in [2.45, 2.75) is 125 Å². The van der Waals surface area contributed by atoms with Gasteiger partial charge in [-0.15, -0.1) is 0 Å². The van der Waals surface area contributed by atoms with E-state index in [1.165, 1.54) is 24.0 Å². The second-order valence-electron chi connectivity index (χ2n) is 31.6. The van der Waals surface area contributed by atoms with E-state index in [2.05, 4.69) is 85.3 Å². The summed E-state index contributed by atoms with van der Waals surface area (Å²) in [5, 5.41) is 21.1. The molecule has 2 N–H and O–H groups in total. The molecule has 4 aliphatic heterocycles. The molecule has 0 bridgehead atoms. The van der Waals surface area contributed by atoms with Gasteiger partial charge in [-0.05, 0) is 217 Å². The smallest absolute Gasteiger partial charge is 0.323 e. The van der Waals surface area contributed by atoms with Gasteiger partial charge in [0, 0.05) is 141 Å². The first kappa shape index (κ1) is 83.9. The number of pyridine rings is 4. The number of halogens is 1. The number of aromatic nitrogens is 12. The number of carbonyl (C=O) groups is 4. The van der Waals surface area contributed by atoms with Gasteiger partial charge in [0.2, 0.25) is 11.8 Å². The third kappa shape index (κ3) is 17.2. The van der Waals surface area contributed by atoms with Crippen LogP contribution in [0.25, 0.3) is 67.8 Å².